The summed E-state index contributed by atoms with van der Waals surface area (Å²) in [5.74, 6) is 0.599. The van der Waals surface area contributed by atoms with Crippen molar-refractivity contribution >= 4 is 5.84 Å². The van der Waals surface area contributed by atoms with E-state index in [1.807, 2.05) is 23.9 Å². The maximum Gasteiger partial charge on any atom is 0.173 e. The van der Waals surface area contributed by atoms with Crippen LogP contribution in [0.3, 0.4) is 0 Å². The smallest absolute Gasteiger partial charge is 0.173 e. The number of nitrogens with two attached hydrogens (primary N) is 1. The Balaban J connectivity index is 2.11. The van der Waals surface area contributed by atoms with Crippen LogP contribution >= 0.6 is 0 Å². The molecule has 1 aromatic heterocycles. The molecule has 0 aliphatic rings. The number of amidine groups is 1. The second kappa shape index (κ2) is 5.90. The van der Waals surface area contributed by atoms with Crippen LogP contribution in [0.1, 0.15) is 18.1 Å². The van der Waals surface area contributed by atoms with Crippen molar-refractivity contribution in [3.8, 4) is 5.75 Å². The van der Waals surface area contributed by atoms with Crippen LogP contribution < -0.4 is 10.5 Å². The number of aromatic nitrogens is 2. The van der Waals surface area contributed by atoms with Gasteiger partial charge in [-0.25, -0.2) is 0 Å². The van der Waals surface area contributed by atoms with Crippen molar-refractivity contribution < 1.29 is 9.94 Å². The summed E-state index contributed by atoms with van der Waals surface area (Å²) in [6.45, 7) is 3.22. The van der Waals surface area contributed by atoms with Crippen molar-refractivity contribution in [3.05, 3.63) is 47.8 Å². The van der Waals surface area contributed by atoms with Crippen LogP contribution in [0.25, 0.3) is 0 Å². The normalized spacial score (nSPS) is 11.5. The monoisotopic (exact) mass is 260 g/mol. The highest BCUT2D eigenvalue weighted by molar-refractivity contribution is 5.99. The topological polar surface area (TPSA) is 85.7 Å². The summed E-state index contributed by atoms with van der Waals surface area (Å²) in [5.41, 5.74) is 7.12. The average Bonchev–Trinajstić information content (AvgIpc) is 2.92. The van der Waals surface area contributed by atoms with E-state index in [1.54, 1.807) is 24.4 Å². The van der Waals surface area contributed by atoms with Gasteiger partial charge in [-0.1, -0.05) is 17.3 Å². The van der Waals surface area contributed by atoms with Gasteiger partial charge < -0.3 is 15.7 Å². The first kappa shape index (κ1) is 12.9. The van der Waals surface area contributed by atoms with Crippen molar-refractivity contribution in [2.24, 2.45) is 10.9 Å². The number of rotatable bonds is 5. The van der Waals surface area contributed by atoms with Gasteiger partial charge in [0.15, 0.2) is 5.84 Å². The Morgan fingerprint density at radius 1 is 1.47 bits per heavy atom. The fraction of sp³-hybridized carbons (Fsp3) is 0.231. The van der Waals surface area contributed by atoms with E-state index in [0.29, 0.717) is 17.9 Å². The predicted octanol–water partition coefficient (Wildman–Crippen LogP) is 1.58. The molecule has 19 heavy (non-hydrogen) atoms. The summed E-state index contributed by atoms with van der Waals surface area (Å²) < 4.78 is 7.51. The summed E-state index contributed by atoms with van der Waals surface area (Å²) in [7, 11) is 0. The van der Waals surface area contributed by atoms with Gasteiger partial charge in [0, 0.05) is 18.3 Å². The van der Waals surface area contributed by atoms with E-state index >= 15 is 0 Å². The number of para-hydroxylation sites is 1. The lowest BCUT2D eigenvalue weighted by molar-refractivity contribution is 0.303. The molecule has 0 saturated carbocycles. The molecular formula is C13H16N4O2. The van der Waals surface area contributed by atoms with E-state index in [0.717, 1.165) is 12.1 Å². The fourth-order valence-corrected chi connectivity index (χ4v) is 1.67. The first-order valence-electron chi connectivity index (χ1n) is 5.95. The van der Waals surface area contributed by atoms with Gasteiger partial charge in [-0.3, -0.25) is 4.68 Å². The zero-order valence-corrected chi connectivity index (χ0v) is 10.7. The zero-order chi connectivity index (χ0) is 13.7. The van der Waals surface area contributed by atoms with E-state index in [4.69, 9.17) is 15.7 Å². The summed E-state index contributed by atoms with van der Waals surface area (Å²) in [5, 5.41) is 15.9. The average molecular weight is 260 g/mol. The second-order valence-electron chi connectivity index (χ2n) is 3.97. The molecule has 0 radical (unpaired) electrons. The SMILES string of the molecule is CCn1cc(COc2ccccc2C(N)=NO)cn1. The largest absolute Gasteiger partial charge is 0.488 e. The summed E-state index contributed by atoms with van der Waals surface area (Å²) in [6.07, 6.45) is 3.68. The fourth-order valence-electron chi connectivity index (χ4n) is 1.67. The molecule has 1 aromatic carbocycles. The molecule has 1 heterocycles. The van der Waals surface area contributed by atoms with Crippen LogP contribution in [-0.4, -0.2) is 20.8 Å². The van der Waals surface area contributed by atoms with Crippen LogP contribution in [0.2, 0.25) is 0 Å². The van der Waals surface area contributed by atoms with Crippen LogP contribution in [0.5, 0.6) is 5.75 Å². The highest BCUT2D eigenvalue weighted by Gasteiger charge is 2.08. The third-order valence-electron chi connectivity index (χ3n) is 2.68. The molecule has 2 aromatic rings. The van der Waals surface area contributed by atoms with Gasteiger partial charge in [-0.15, -0.1) is 0 Å². The maximum atomic E-state index is 8.73. The van der Waals surface area contributed by atoms with Crippen LogP contribution in [0.4, 0.5) is 0 Å². The first-order chi connectivity index (χ1) is 9.24. The lowest BCUT2D eigenvalue weighted by Gasteiger charge is -2.09. The van der Waals surface area contributed by atoms with E-state index < -0.39 is 0 Å². The number of hydrogen-bond donors (Lipinski definition) is 2. The van der Waals surface area contributed by atoms with Gasteiger partial charge >= 0.3 is 0 Å². The summed E-state index contributed by atoms with van der Waals surface area (Å²) >= 11 is 0. The predicted molar refractivity (Wildman–Crippen MR) is 71.2 cm³/mol. The molecule has 0 amide bonds. The van der Waals surface area contributed by atoms with Gasteiger partial charge in [0.05, 0.1) is 11.8 Å². The molecule has 6 heteroatoms. The molecule has 0 spiro atoms. The molecule has 0 fully saturated rings. The molecule has 0 aliphatic heterocycles. The minimum atomic E-state index is 0.0276. The van der Waals surface area contributed by atoms with Crippen molar-refractivity contribution in [1.82, 2.24) is 9.78 Å². The highest BCUT2D eigenvalue weighted by Crippen LogP contribution is 2.18. The molecular weight excluding hydrogens is 244 g/mol. The quantitative estimate of drug-likeness (QED) is 0.370. The van der Waals surface area contributed by atoms with Gasteiger partial charge in [-0.2, -0.15) is 5.10 Å². The molecule has 0 unspecified atom stereocenters. The van der Waals surface area contributed by atoms with Gasteiger partial charge in [-0.05, 0) is 19.1 Å². The zero-order valence-electron chi connectivity index (χ0n) is 10.7. The molecule has 100 valence electrons. The standard InChI is InChI=1S/C13H16N4O2/c1-2-17-8-10(7-15-17)9-19-12-6-4-3-5-11(12)13(14)16-18/h3-8,18H,2,9H2,1H3,(H2,14,16). The Morgan fingerprint density at radius 3 is 2.95 bits per heavy atom. The van der Waals surface area contributed by atoms with Crippen molar-refractivity contribution in [2.45, 2.75) is 20.1 Å². The molecule has 3 N–H and O–H groups in total. The van der Waals surface area contributed by atoms with E-state index in [1.165, 1.54) is 0 Å². The van der Waals surface area contributed by atoms with Gasteiger partial charge in [0.25, 0.3) is 0 Å². The van der Waals surface area contributed by atoms with Crippen LogP contribution in [0, 0.1) is 0 Å². The van der Waals surface area contributed by atoms with Crippen LogP contribution in [0.15, 0.2) is 41.8 Å². The lowest BCUT2D eigenvalue weighted by atomic mass is 10.2. The molecule has 0 saturated heterocycles. The second-order valence-corrected chi connectivity index (χ2v) is 3.97. The van der Waals surface area contributed by atoms with Crippen molar-refractivity contribution in [2.75, 3.05) is 0 Å². The molecule has 6 nitrogen and oxygen atoms in total. The van der Waals surface area contributed by atoms with Crippen molar-refractivity contribution in [1.29, 1.82) is 0 Å². The molecule has 2 rings (SSSR count). The third kappa shape index (κ3) is 3.04. The Morgan fingerprint density at radius 2 is 2.26 bits per heavy atom. The lowest BCUT2D eigenvalue weighted by Crippen LogP contribution is -2.14. The van der Waals surface area contributed by atoms with Gasteiger partial charge in [0.2, 0.25) is 0 Å². The van der Waals surface area contributed by atoms with E-state index in [-0.39, 0.29) is 5.84 Å². The first-order valence-corrected chi connectivity index (χ1v) is 5.95. The molecule has 0 aliphatic carbocycles. The van der Waals surface area contributed by atoms with Gasteiger partial charge in [0.1, 0.15) is 12.4 Å². The van der Waals surface area contributed by atoms with E-state index in [2.05, 4.69) is 10.3 Å². The Bertz CT molecular complexity index is 578. The molecule has 0 atom stereocenters. The van der Waals surface area contributed by atoms with E-state index in [9.17, 15) is 0 Å². The summed E-state index contributed by atoms with van der Waals surface area (Å²) in [6, 6.07) is 7.14. The molecule has 0 bridgehead atoms. The van der Waals surface area contributed by atoms with Crippen molar-refractivity contribution in [3.63, 3.8) is 0 Å². The number of aryl methyl sites for hydroxylation is 1. The van der Waals surface area contributed by atoms with Crippen LogP contribution in [-0.2, 0) is 13.2 Å². The third-order valence-corrected chi connectivity index (χ3v) is 2.68. The Labute approximate surface area is 111 Å². The number of nitrogens with zero attached hydrogens (tertiary/aromatic N) is 3. The number of ether oxygens (including phenoxy) is 1. The number of benzene rings is 1. The number of hydrogen-bond acceptors (Lipinski definition) is 4. The Kier molecular flexibility index (Phi) is 4.02. The summed E-state index contributed by atoms with van der Waals surface area (Å²) in [4.78, 5) is 0. The highest BCUT2D eigenvalue weighted by atomic mass is 16.5. The Hall–Kier alpha value is -2.50. The number of oxime groups is 1. The minimum Gasteiger partial charge on any atom is -0.488 e. The minimum absolute atomic E-state index is 0.0276. The maximum absolute atomic E-state index is 8.73.